The molecule has 1 saturated heterocycles. The van der Waals surface area contributed by atoms with Crippen molar-refractivity contribution in [1.82, 2.24) is 24.5 Å². The number of aliphatic hydroxyl groups excluding tert-OH is 1. The van der Waals surface area contributed by atoms with Gasteiger partial charge >= 0.3 is 32.1 Å². The van der Waals surface area contributed by atoms with Crippen LogP contribution in [0.15, 0.2) is 35.6 Å². The minimum atomic E-state index is -4.04. The molecule has 21 nitrogen and oxygen atoms in total. The molecule has 366 valence electrons. The molecule has 1 aliphatic heterocycles. The van der Waals surface area contributed by atoms with Crippen molar-refractivity contribution >= 4 is 66.8 Å². The fourth-order valence-corrected chi connectivity index (χ4v) is 20.7. The van der Waals surface area contributed by atoms with Gasteiger partial charge in [0.05, 0.1) is 37.7 Å². The van der Waals surface area contributed by atoms with Crippen molar-refractivity contribution in [3.8, 4) is 11.9 Å². The Morgan fingerprint density at radius 3 is 2.36 bits per heavy atom. The van der Waals surface area contributed by atoms with E-state index in [2.05, 4.69) is 25.3 Å². The molecular formula is C40H64N7O14P2SSi2+. The summed E-state index contributed by atoms with van der Waals surface area (Å²) in [6, 6.07) is 5.13. The number of hydrogen-bond acceptors (Lipinski definition) is 18. The molecule has 3 aromatic rings. The highest BCUT2D eigenvalue weighted by molar-refractivity contribution is 8.07. The summed E-state index contributed by atoms with van der Waals surface area (Å²) in [5.41, 5.74) is -1.47. The van der Waals surface area contributed by atoms with Crippen LogP contribution in [-0.4, -0.2) is 113 Å². The predicted molar refractivity (Wildman–Crippen MR) is 250 cm³/mol. The van der Waals surface area contributed by atoms with Crippen LogP contribution in [0.5, 0.6) is 5.88 Å². The predicted octanol–water partition coefficient (Wildman–Crippen LogP) is 6.37. The molecule has 9 atom stereocenters. The molecule has 2 unspecified atom stereocenters. The maximum Gasteiger partial charge on any atom is 0.695 e. The average molecular weight is 1020 g/mol. The van der Waals surface area contributed by atoms with Gasteiger partial charge in [-0.1, -0.05) is 69.2 Å². The summed E-state index contributed by atoms with van der Waals surface area (Å²) in [6.07, 6.45) is -1.43. The van der Waals surface area contributed by atoms with Crippen molar-refractivity contribution in [3.05, 3.63) is 41.2 Å². The molecule has 1 amide bonds. The molecule has 1 saturated carbocycles. The highest BCUT2D eigenvalue weighted by Gasteiger charge is 2.60. The lowest BCUT2D eigenvalue weighted by atomic mass is 10.1. The number of ether oxygens (including phenoxy) is 2. The Morgan fingerprint density at radius 1 is 1.09 bits per heavy atom. The Labute approximate surface area is 392 Å². The highest BCUT2D eigenvalue weighted by atomic mass is 32.5. The highest BCUT2D eigenvalue weighted by Crippen LogP contribution is 2.56. The second kappa shape index (κ2) is 23.1. The molecule has 26 heteroatoms. The van der Waals surface area contributed by atoms with Gasteiger partial charge in [-0.05, 0) is 46.5 Å². The van der Waals surface area contributed by atoms with E-state index in [0.717, 1.165) is 0 Å². The summed E-state index contributed by atoms with van der Waals surface area (Å²) in [7, 11) is -10.2. The fraction of sp³-hybridized carbons (Fsp3) is 0.700. The second-order valence-electron chi connectivity index (χ2n) is 18.0. The van der Waals surface area contributed by atoms with Crippen molar-refractivity contribution < 1.29 is 60.3 Å². The van der Waals surface area contributed by atoms with Crippen LogP contribution in [0.4, 0.5) is 5.95 Å². The van der Waals surface area contributed by atoms with E-state index in [9.17, 15) is 34.2 Å². The Bertz CT molecular complexity index is 2250. The number of carbonyl (C=O) groups is 1. The minimum absolute atomic E-state index is 0.0843. The summed E-state index contributed by atoms with van der Waals surface area (Å²) >= 11 is 6.15. The van der Waals surface area contributed by atoms with Crippen LogP contribution in [-0.2, 0) is 52.5 Å². The van der Waals surface area contributed by atoms with Gasteiger partial charge in [0.2, 0.25) is 17.7 Å². The number of nitriles is 1. The van der Waals surface area contributed by atoms with E-state index in [1.807, 2.05) is 61.5 Å². The van der Waals surface area contributed by atoms with Crippen molar-refractivity contribution in [3.63, 3.8) is 0 Å². The average Bonchev–Trinajstić information content (AvgIpc) is 3.94. The maximum atomic E-state index is 13.5. The van der Waals surface area contributed by atoms with E-state index >= 15 is 0 Å². The van der Waals surface area contributed by atoms with Crippen LogP contribution >= 0.6 is 15.0 Å². The number of amides is 1. The Hall–Kier alpha value is -2.96. The molecule has 2 aliphatic rings. The normalized spacial score (nSPS) is 23.9. The van der Waals surface area contributed by atoms with Crippen LogP contribution in [0.1, 0.15) is 94.7 Å². The number of H-pyrrole nitrogens is 1. The fourth-order valence-electron chi connectivity index (χ4n) is 8.18. The van der Waals surface area contributed by atoms with Crippen LogP contribution in [0, 0.1) is 23.2 Å². The summed E-state index contributed by atoms with van der Waals surface area (Å²) in [6.45, 7) is 13.8. The number of hydrogen-bond donors (Lipinski definition) is 5. The number of carbonyl (C=O) groups excluding carboxylic acids is 1. The number of aliphatic hydroxyl groups is 1. The first-order valence-electron chi connectivity index (χ1n) is 22.1. The van der Waals surface area contributed by atoms with Gasteiger partial charge in [-0.25, -0.2) is 9.97 Å². The van der Waals surface area contributed by atoms with Crippen molar-refractivity contribution in [2.75, 3.05) is 25.1 Å². The van der Waals surface area contributed by atoms with E-state index in [0.29, 0.717) is 5.88 Å². The third kappa shape index (κ3) is 12.6. The third-order valence-corrected chi connectivity index (χ3v) is 24.4. The zero-order chi connectivity index (χ0) is 48.7. The molecule has 66 heavy (non-hydrogen) atoms. The number of nitrogens with one attached hydrogen (secondary N) is 2. The number of aromatic nitrogens is 5. The lowest BCUT2D eigenvalue weighted by molar-refractivity contribution is -0.118. The Kier molecular flexibility index (Phi) is 18.9. The van der Waals surface area contributed by atoms with Crippen molar-refractivity contribution in [2.45, 2.75) is 147 Å². The molecule has 5 N–H and O–H groups in total. The number of rotatable bonds is 24. The molecule has 0 spiro atoms. The maximum absolute atomic E-state index is 13.5. The number of aromatic amines is 1. The van der Waals surface area contributed by atoms with Gasteiger partial charge in [-0.2, -0.15) is 10.2 Å². The van der Waals surface area contributed by atoms with E-state index in [1.165, 1.54) is 23.2 Å². The quantitative estimate of drug-likeness (QED) is 0.0370. The standard InChI is InChI=1S/C40H63N7O14P2SSi2/c1-23(2)37(49)45-40-44-36-30(38(50)46-40)13-16-47(36)39-35(34(32(20-48)57-39)60-66(26(7)8,27(9)10)61-65(53,24(3)4)25(5)6)59-63(64,54-17-11-14-41)55-21-28-18-29(19-31(28)58-62(51)52)56-33-12-15-42-22-43-33/h12-13,15-16,22-29,31-32,34-35,39,48,53H,11,17-21H2,1-10H3,(H2-,44,45,46,49,50,51,52)/p+1/t28-,29-,31+,32-,34-,35+,39-,63?/m1/s1. The Balaban J connectivity index is 1.62. The molecule has 5 rings (SSSR count). The summed E-state index contributed by atoms with van der Waals surface area (Å²) in [4.78, 5) is 63.6. The van der Waals surface area contributed by atoms with Crippen LogP contribution in [0.2, 0.25) is 22.2 Å². The van der Waals surface area contributed by atoms with Gasteiger partial charge in [0.1, 0.15) is 36.8 Å². The topological polar surface area (TPSA) is 281 Å². The molecule has 2 fully saturated rings. The van der Waals surface area contributed by atoms with Crippen molar-refractivity contribution in [1.29, 1.82) is 5.26 Å². The summed E-state index contributed by atoms with van der Waals surface area (Å²) in [5, 5.41) is 23.4. The number of fused-ring (bicyclic) bond motifs is 1. The molecule has 3 aromatic heterocycles. The summed E-state index contributed by atoms with van der Waals surface area (Å²) < 4.78 is 65.6. The molecule has 1 aliphatic carbocycles. The first-order valence-corrected chi connectivity index (χ1v) is 29.7. The monoisotopic (exact) mass is 1020 g/mol. The largest absolute Gasteiger partial charge is 0.695 e. The third-order valence-electron chi connectivity index (χ3n) is 11.8. The molecule has 0 aromatic carbocycles. The molecule has 0 bridgehead atoms. The summed E-state index contributed by atoms with van der Waals surface area (Å²) in [5.74, 6) is -1.22. The molecular weight excluding hydrogens is 953 g/mol. The van der Waals surface area contributed by atoms with Gasteiger partial charge in [-0.15, -0.1) is 9.42 Å². The number of nitrogens with zero attached hydrogens (tertiary/aromatic N) is 5. The van der Waals surface area contributed by atoms with E-state index in [1.54, 1.807) is 26.1 Å². The first kappa shape index (κ1) is 54.0. The lowest BCUT2D eigenvalue weighted by Gasteiger charge is -2.47. The first-order chi connectivity index (χ1) is 31.1. The molecule has 0 radical (unpaired) electrons. The Morgan fingerprint density at radius 2 is 1.79 bits per heavy atom. The second-order valence-corrected chi connectivity index (χ2v) is 30.3. The van der Waals surface area contributed by atoms with Crippen molar-refractivity contribution in [2.24, 2.45) is 11.8 Å². The van der Waals surface area contributed by atoms with E-state index < -0.39 is 98.8 Å². The minimum Gasteiger partial charge on any atom is -0.474 e. The van der Waals surface area contributed by atoms with Gasteiger partial charge in [0.15, 0.2) is 11.9 Å². The zero-order valence-corrected chi connectivity index (χ0v) is 43.5. The van der Waals surface area contributed by atoms with Gasteiger partial charge < -0.3 is 41.5 Å². The van der Waals surface area contributed by atoms with Crippen LogP contribution < -0.4 is 15.6 Å². The molecule has 4 heterocycles. The number of anilines is 1. The van der Waals surface area contributed by atoms with E-state index in [4.69, 9.17) is 47.9 Å². The van der Waals surface area contributed by atoms with Crippen LogP contribution in [0.25, 0.3) is 11.0 Å². The smallest absolute Gasteiger partial charge is 0.474 e. The van der Waals surface area contributed by atoms with Gasteiger partial charge in [0.25, 0.3) is 5.56 Å². The zero-order valence-electron chi connectivity index (χ0n) is 38.9. The lowest BCUT2D eigenvalue weighted by Crippen LogP contribution is -2.62. The SMILES string of the molecule is CC(C)C(=O)Nc1nc2c(ccn2[C@@H]2O[C@H](CO)[C@@H](O[Si](O[Si](O)(C(C)C)C(C)C)(C(C)C)C(C)C)[C@@H]2OP(=S)(OCCC#N)OC[C@H]2C[C@@H](Oc3ccncn3)C[C@@H]2O[P+](=O)O)c(=O)[nH]1. The van der Waals surface area contributed by atoms with Gasteiger partial charge in [0, 0.05) is 41.3 Å². The van der Waals surface area contributed by atoms with Crippen LogP contribution in [0.3, 0.4) is 0 Å². The van der Waals surface area contributed by atoms with E-state index in [-0.39, 0.29) is 71.6 Å². The van der Waals surface area contributed by atoms with Gasteiger partial charge in [-0.3, -0.25) is 24.4 Å².